The van der Waals surface area contributed by atoms with E-state index in [4.69, 9.17) is 0 Å². The summed E-state index contributed by atoms with van der Waals surface area (Å²) in [6.45, 7) is 2.04. The van der Waals surface area contributed by atoms with Crippen LogP contribution >= 0.6 is 0 Å². The molecule has 2 N–H and O–H groups in total. The number of anilines is 5. The summed E-state index contributed by atoms with van der Waals surface area (Å²) in [5, 5.41) is 8.79. The van der Waals surface area contributed by atoms with Gasteiger partial charge in [-0.05, 0) is 49.4 Å². The Hall–Kier alpha value is -3.66. The minimum Gasteiger partial charge on any atom is -0.329 e. The van der Waals surface area contributed by atoms with Crippen LogP contribution in [0.25, 0.3) is 10.9 Å². The molecule has 0 saturated heterocycles. The molecule has 4 aromatic rings. The van der Waals surface area contributed by atoms with Crippen LogP contribution in [0.4, 0.5) is 28.8 Å². The number of sulfonamides is 1. The van der Waals surface area contributed by atoms with Crippen LogP contribution in [0, 0.1) is 6.92 Å². The predicted molar refractivity (Wildman–Crippen MR) is 124 cm³/mol. The summed E-state index contributed by atoms with van der Waals surface area (Å²) >= 11 is 0. The predicted octanol–water partition coefficient (Wildman–Crippen LogP) is 3.55. The normalized spacial score (nSPS) is 11.5. The molecule has 0 fully saturated rings. The van der Waals surface area contributed by atoms with Gasteiger partial charge in [-0.3, -0.25) is 9.40 Å². The van der Waals surface area contributed by atoms with Crippen LogP contribution in [0.3, 0.4) is 0 Å². The van der Waals surface area contributed by atoms with Gasteiger partial charge < -0.3 is 10.2 Å². The van der Waals surface area contributed by atoms with Crippen molar-refractivity contribution in [2.45, 2.75) is 6.92 Å². The smallest absolute Gasteiger partial charge is 0.229 e. The summed E-state index contributed by atoms with van der Waals surface area (Å²) in [7, 11) is 0.508. The van der Waals surface area contributed by atoms with Crippen molar-refractivity contribution in [3.63, 3.8) is 0 Å². The molecule has 160 valence electrons. The minimum absolute atomic E-state index is 0.399. The van der Waals surface area contributed by atoms with Crippen LogP contribution in [0.1, 0.15) is 5.69 Å². The molecule has 0 amide bonds. The molecule has 0 atom stereocenters. The SMILES string of the molecule is Cc1c2ccc(N(C)c3ccnc(Nc4cccc(NS(C)(=O)=O)c4)n3)cc2nn1C. The third-order valence-electron chi connectivity index (χ3n) is 4.91. The van der Waals surface area contributed by atoms with E-state index in [9.17, 15) is 8.42 Å². The van der Waals surface area contributed by atoms with E-state index in [-0.39, 0.29) is 0 Å². The number of nitrogens with zero attached hydrogens (tertiary/aromatic N) is 5. The Morgan fingerprint density at radius 1 is 1.06 bits per heavy atom. The number of fused-ring (bicyclic) bond motifs is 1. The third kappa shape index (κ3) is 4.58. The van der Waals surface area contributed by atoms with Crippen molar-refractivity contribution in [3.8, 4) is 0 Å². The lowest BCUT2D eigenvalue weighted by Gasteiger charge is -2.19. The Morgan fingerprint density at radius 2 is 1.84 bits per heavy atom. The molecule has 2 aromatic carbocycles. The minimum atomic E-state index is -3.35. The molecular formula is C21H23N7O2S. The lowest BCUT2D eigenvalue weighted by molar-refractivity contribution is 0.607. The van der Waals surface area contributed by atoms with Gasteiger partial charge in [-0.15, -0.1) is 0 Å². The highest BCUT2D eigenvalue weighted by Gasteiger charge is 2.11. The fourth-order valence-electron chi connectivity index (χ4n) is 3.26. The van der Waals surface area contributed by atoms with Gasteiger partial charge in [-0.2, -0.15) is 10.1 Å². The topological polar surface area (TPSA) is 105 Å². The van der Waals surface area contributed by atoms with E-state index < -0.39 is 10.0 Å². The fourth-order valence-corrected chi connectivity index (χ4v) is 3.82. The molecule has 31 heavy (non-hydrogen) atoms. The lowest BCUT2D eigenvalue weighted by Crippen LogP contribution is -2.12. The highest BCUT2D eigenvalue weighted by atomic mass is 32.2. The van der Waals surface area contributed by atoms with E-state index in [0.29, 0.717) is 23.1 Å². The second-order valence-electron chi connectivity index (χ2n) is 7.29. The molecule has 0 aliphatic carbocycles. The zero-order valence-electron chi connectivity index (χ0n) is 17.7. The molecule has 0 bridgehead atoms. The Balaban J connectivity index is 1.58. The second kappa shape index (κ2) is 7.88. The van der Waals surface area contributed by atoms with E-state index in [2.05, 4.69) is 31.2 Å². The maximum Gasteiger partial charge on any atom is 0.229 e. The Bertz CT molecular complexity index is 1370. The maximum atomic E-state index is 11.5. The van der Waals surface area contributed by atoms with Gasteiger partial charge in [-0.25, -0.2) is 13.4 Å². The first-order valence-electron chi connectivity index (χ1n) is 9.54. The molecule has 0 unspecified atom stereocenters. The van der Waals surface area contributed by atoms with Crippen molar-refractivity contribution in [3.05, 3.63) is 60.4 Å². The van der Waals surface area contributed by atoms with E-state index in [0.717, 1.165) is 28.5 Å². The summed E-state index contributed by atoms with van der Waals surface area (Å²) < 4.78 is 27.2. The average molecular weight is 438 g/mol. The second-order valence-corrected chi connectivity index (χ2v) is 9.04. The van der Waals surface area contributed by atoms with Gasteiger partial charge in [0, 0.05) is 42.7 Å². The molecule has 0 aliphatic heterocycles. The van der Waals surface area contributed by atoms with Crippen molar-refractivity contribution < 1.29 is 8.42 Å². The first-order chi connectivity index (χ1) is 14.7. The molecule has 0 aliphatic rings. The van der Waals surface area contributed by atoms with Crippen LogP contribution in [-0.2, 0) is 17.1 Å². The zero-order valence-corrected chi connectivity index (χ0v) is 18.5. The summed E-state index contributed by atoms with van der Waals surface area (Å²) in [5.41, 5.74) is 4.12. The highest BCUT2D eigenvalue weighted by molar-refractivity contribution is 7.92. The average Bonchev–Trinajstić information content (AvgIpc) is 3.00. The number of aromatic nitrogens is 4. The van der Waals surface area contributed by atoms with Gasteiger partial charge in [-0.1, -0.05) is 6.07 Å². The van der Waals surface area contributed by atoms with Crippen molar-refractivity contribution in [2.75, 3.05) is 28.2 Å². The molecule has 9 nitrogen and oxygen atoms in total. The van der Waals surface area contributed by atoms with E-state index in [1.807, 2.05) is 54.9 Å². The first-order valence-corrected chi connectivity index (χ1v) is 11.4. The number of hydrogen-bond donors (Lipinski definition) is 2. The molecule has 2 heterocycles. The summed E-state index contributed by atoms with van der Waals surface area (Å²) in [5.74, 6) is 1.10. The zero-order chi connectivity index (χ0) is 22.2. The van der Waals surface area contributed by atoms with Crippen molar-refractivity contribution in [1.82, 2.24) is 19.7 Å². The number of benzene rings is 2. The Labute approximate surface area is 180 Å². The molecule has 0 saturated carbocycles. The van der Waals surface area contributed by atoms with Crippen LogP contribution in [0.5, 0.6) is 0 Å². The van der Waals surface area contributed by atoms with E-state index in [1.165, 1.54) is 0 Å². The largest absolute Gasteiger partial charge is 0.329 e. The van der Waals surface area contributed by atoms with Crippen LogP contribution in [0.2, 0.25) is 0 Å². The lowest BCUT2D eigenvalue weighted by atomic mass is 10.2. The van der Waals surface area contributed by atoms with Crippen molar-refractivity contribution in [2.24, 2.45) is 7.05 Å². The number of rotatable bonds is 6. The van der Waals surface area contributed by atoms with Gasteiger partial charge in [0.15, 0.2) is 0 Å². The Morgan fingerprint density at radius 3 is 2.61 bits per heavy atom. The van der Waals surface area contributed by atoms with Gasteiger partial charge in [0.2, 0.25) is 16.0 Å². The molecule has 2 aromatic heterocycles. The Kier molecular flexibility index (Phi) is 5.24. The number of hydrogen-bond acceptors (Lipinski definition) is 7. The van der Waals surface area contributed by atoms with Gasteiger partial charge >= 0.3 is 0 Å². The molecular weight excluding hydrogens is 414 g/mol. The highest BCUT2D eigenvalue weighted by Crippen LogP contribution is 2.27. The van der Waals surface area contributed by atoms with E-state index in [1.54, 1.807) is 24.4 Å². The maximum absolute atomic E-state index is 11.5. The van der Waals surface area contributed by atoms with Crippen molar-refractivity contribution >= 4 is 49.8 Å². The number of aryl methyl sites for hydroxylation is 2. The monoisotopic (exact) mass is 437 g/mol. The summed E-state index contributed by atoms with van der Waals surface area (Å²) in [4.78, 5) is 10.8. The van der Waals surface area contributed by atoms with Crippen molar-refractivity contribution in [1.29, 1.82) is 0 Å². The van der Waals surface area contributed by atoms with E-state index >= 15 is 0 Å². The fraction of sp³-hybridized carbons (Fsp3) is 0.190. The van der Waals surface area contributed by atoms with Crippen LogP contribution < -0.4 is 14.9 Å². The molecule has 0 radical (unpaired) electrons. The van der Waals surface area contributed by atoms with Gasteiger partial charge in [0.25, 0.3) is 0 Å². The number of nitrogens with one attached hydrogen (secondary N) is 2. The molecule has 4 rings (SSSR count). The van der Waals surface area contributed by atoms with Gasteiger partial charge in [0.05, 0.1) is 17.5 Å². The molecule has 0 spiro atoms. The summed E-state index contributed by atoms with van der Waals surface area (Å²) in [6, 6.07) is 14.8. The quantitative estimate of drug-likeness (QED) is 0.475. The molecule has 10 heteroatoms. The summed E-state index contributed by atoms with van der Waals surface area (Å²) in [6.07, 6.45) is 2.78. The third-order valence-corrected chi connectivity index (χ3v) is 5.51. The standard InChI is InChI=1S/C21H23N7O2S/c1-14-18-9-8-17(13-19(18)25-28(14)3)27(2)20-10-11-22-21(24-20)23-15-6-5-7-16(12-15)26-31(4,29)30/h5-13,26H,1-4H3,(H,22,23,24). The first kappa shape index (κ1) is 20.6. The van der Waals surface area contributed by atoms with Crippen LogP contribution in [-0.4, -0.2) is 41.5 Å². The van der Waals surface area contributed by atoms with Crippen LogP contribution in [0.15, 0.2) is 54.7 Å². The van der Waals surface area contributed by atoms with Gasteiger partial charge in [0.1, 0.15) is 5.82 Å².